The first-order valence-electron chi connectivity index (χ1n) is 32.4. The van der Waals surface area contributed by atoms with Crippen molar-refractivity contribution in [2.24, 2.45) is 23.7 Å². The number of hydrogen-bond acceptors (Lipinski definition) is 16. The Bertz CT molecular complexity index is 2960. The Labute approximate surface area is 545 Å². The number of rotatable bonds is 20. The van der Waals surface area contributed by atoms with Crippen LogP contribution in [0.3, 0.4) is 0 Å². The van der Waals surface area contributed by atoms with Crippen LogP contribution in [0.5, 0.6) is 11.5 Å². The molecule has 0 N–H and O–H groups in total. The Balaban J connectivity index is 1.58. The molecule has 1 aliphatic heterocycles. The third-order valence-electron chi connectivity index (χ3n) is 16.4. The standard InChI is InChI=1S/C70H104N8O14/c1-39(2)31-55-67(83)89-49(17)63(79)73(19)58(34-42(7)8)70(86)92-60(36-52-25-29-54(30-26-52)38-78-48(16)62(46(14)72-78)88-44(11)12)66(82)76(22)56(32-40(3)4)68(84)90-50(18)64(80)74(20)57(33-41(5)6)69(85)91-59(65(81)75(55)21)35-51-23-27-53(28-24-51)37-77-47(15)61(45(13)71-77)87-43(9)10/h23-30,39-44,49-50,55-60H,31-38H2,1-22H3/t49-,50-,55+,56+,57+,58+,59-,60-/m1/s1. The van der Waals surface area contributed by atoms with Gasteiger partial charge in [-0.15, -0.1) is 0 Å². The summed E-state index contributed by atoms with van der Waals surface area (Å²) in [6.45, 7) is 33.8. The molecule has 2 aromatic heterocycles. The lowest BCUT2D eigenvalue weighted by atomic mass is 9.99. The van der Waals surface area contributed by atoms with Gasteiger partial charge in [0.05, 0.1) is 36.7 Å². The smallest absolute Gasteiger partial charge is 0.329 e. The van der Waals surface area contributed by atoms with Crippen LogP contribution >= 0.6 is 0 Å². The van der Waals surface area contributed by atoms with Crippen LogP contribution in [0.1, 0.15) is 168 Å². The van der Waals surface area contributed by atoms with Gasteiger partial charge in [0.2, 0.25) is 0 Å². The topological polar surface area (TPSA) is 241 Å². The highest BCUT2D eigenvalue weighted by Crippen LogP contribution is 2.29. The van der Waals surface area contributed by atoms with E-state index in [2.05, 4.69) is 0 Å². The summed E-state index contributed by atoms with van der Waals surface area (Å²) < 4.78 is 40.2. The molecule has 1 aliphatic rings. The lowest BCUT2D eigenvalue weighted by molar-refractivity contribution is -0.176. The molecule has 22 heteroatoms. The van der Waals surface area contributed by atoms with Crippen LogP contribution in [0.25, 0.3) is 0 Å². The maximum absolute atomic E-state index is 15.2. The first kappa shape index (κ1) is 74.9. The van der Waals surface area contributed by atoms with Gasteiger partial charge in [-0.3, -0.25) is 28.5 Å². The molecule has 0 bridgehead atoms. The molecule has 2 aromatic carbocycles. The zero-order chi connectivity index (χ0) is 68.9. The lowest BCUT2D eigenvalue weighted by Gasteiger charge is -2.35. The summed E-state index contributed by atoms with van der Waals surface area (Å²) in [4.78, 5) is 123. The van der Waals surface area contributed by atoms with Gasteiger partial charge in [0.15, 0.2) is 35.9 Å². The first-order chi connectivity index (χ1) is 43.0. The number of nitrogens with zero attached hydrogens (tertiary/aromatic N) is 8. The van der Waals surface area contributed by atoms with Crippen LogP contribution in [0.15, 0.2) is 48.5 Å². The third-order valence-corrected chi connectivity index (χ3v) is 16.4. The van der Waals surface area contributed by atoms with Crippen LogP contribution in [0, 0.1) is 51.4 Å². The van der Waals surface area contributed by atoms with Crippen LogP contribution in [-0.2, 0) is 83.2 Å². The summed E-state index contributed by atoms with van der Waals surface area (Å²) in [6, 6.07) is 9.53. The van der Waals surface area contributed by atoms with Crippen molar-refractivity contribution in [2.75, 3.05) is 28.2 Å². The minimum absolute atomic E-state index is 0.0467. The summed E-state index contributed by atoms with van der Waals surface area (Å²) in [6.07, 6.45) is -6.27. The van der Waals surface area contributed by atoms with E-state index in [1.165, 1.54) is 42.0 Å². The molecule has 92 heavy (non-hydrogen) atoms. The van der Waals surface area contributed by atoms with Gasteiger partial charge in [0, 0.05) is 41.0 Å². The van der Waals surface area contributed by atoms with Crippen molar-refractivity contribution < 1.29 is 66.8 Å². The number of benzene rings is 2. The monoisotopic (exact) mass is 1280 g/mol. The largest absolute Gasteiger partial charge is 0.487 e. The Kier molecular flexibility index (Phi) is 27.0. The molecular formula is C70H104N8O14. The summed E-state index contributed by atoms with van der Waals surface area (Å²) in [5.74, 6) is -6.15. The van der Waals surface area contributed by atoms with Crippen molar-refractivity contribution in [2.45, 2.75) is 237 Å². The summed E-state index contributed by atoms with van der Waals surface area (Å²) >= 11 is 0. The number of esters is 4. The molecule has 1 fully saturated rings. The maximum atomic E-state index is 15.2. The zero-order valence-electron chi connectivity index (χ0n) is 58.7. The molecule has 0 saturated carbocycles. The van der Waals surface area contributed by atoms with E-state index in [-0.39, 0.29) is 74.4 Å². The third kappa shape index (κ3) is 20.1. The Morgan fingerprint density at radius 2 is 0.641 bits per heavy atom. The van der Waals surface area contributed by atoms with Gasteiger partial charge in [-0.25, -0.2) is 19.2 Å². The molecule has 0 unspecified atom stereocenters. The summed E-state index contributed by atoms with van der Waals surface area (Å²) in [5.41, 5.74) is 6.19. The van der Waals surface area contributed by atoms with Gasteiger partial charge in [0.25, 0.3) is 23.6 Å². The van der Waals surface area contributed by atoms with E-state index in [0.717, 1.165) is 53.5 Å². The van der Waals surface area contributed by atoms with Crippen LogP contribution in [-0.4, -0.2) is 176 Å². The molecule has 0 aliphatic carbocycles. The fourth-order valence-corrected chi connectivity index (χ4v) is 11.3. The predicted octanol–water partition coefficient (Wildman–Crippen LogP) is 8.96. The fourth-order valence-electron chi connectivity index (χ4n) is 11.3. The number of aromatic nitrogens is 4. The average Bonchev–Trinajstić information content (AvgIpc) is 1.32. The summed E-state index contributed by atoms with van der Waals surface area (Å²) in [7, 11) is 5.58. The molecule has 3 heterocycles. The minimum Gasteiger partial charge on any atom is -0.487 e. The van der Waals surface area contributed by atoms with Crippen molar-refractivity contribution in [3.63, 3.8) is 0 Å². The molecule has 0 radical (unpaired) electrons. The van der Waals surface area contributed by atoms with Gasteiger partial charge in [-0.2, -0.15) is 10.2 Å². The van der Waals surface area contributed by atoms with Crippen molar-refractivity contribution in [3.8, 4) is 11.5 Å². The molecule has 8 atom stereocenters. The maximum Gasteiger partial charge on any atom is 0.329 e. The fraction of sp³-hybridized carbons (Fsp3) is 0.629. The van der Waals surface area contributed by atoms with E-state index in [1.54, 1.807) is 0 Å². The minimum atomic E-state index is -1.56. The highest BCUT2D eigenvalue weighted by molar-refractivity contribution is 5.94. The number of likely N-dealkylation sites (N-methyl/N-ethyl adjacent to an activating group) is 4. The van der Waals surface area contributed by atoms with Gasteiger partial charge < -0.3 is 48.0 Å². The second-order valence-electron chi connectivity index (χ2n) is 27.1. The number of amides is 4. The van der Waals surface area contributed by atoms with Gasteiger partial charge in [0.1, 0.15) is 35.6 Å². The lowest BCUT2D eigenvalue weighted by Crippen LogP contribution is -2.55. The molecule has 4 amide bonds. The van der Waals surface area contributed by atoms with Crippen molar-refractivity contribution in [1.82, 2.24) is 39.2 Å². The molecule has 508 valence electrons. The number of ether oxygens (including phenoxy) is 6. The van der Waals surface area contributed by atoms with Crippen LogP contribution in [0.2, 0.25) is 0 Å². The van der Waals surface area contributed by atoms with Crippen molar-refractivity contribution in [3.05, 3.63) is 93.6 Å². The second kappa shape index (κ2) is 33.2. The Hall–Kier alpha value is -7.78. The molecule has 1 saturated heterocycles. The normalized spacial score (nSPS) is 21.9. The van der Waals surface area contributed by atoms with Crippen molar-refractivity contribution in [1.29, 1.82) is 0 Å². The SMILES string of the molecule is Cc1nn(Cc2ccc(C[C@H]3OC(=O)[C@H](CC(C)C)N(C)C(=O)[C@@H](C)OC(=O)[C@H](CC(C)C)N(C)C(=O)[C@@H](Cc4ccc(Cn5nc(C)c(OC(C)C)c5C)cc4)OC(=O)[C@H](CC(C)C)N(C)C(=O)[C@@H](C)OC(=O)[C@H](CC(C)C)N(C)C3=O)cc2)c(C)c1OC(C)C. The number of aryl methyl sites for hydroxylation is 2. The van der Waals surface area contributed by atoms with Crippen LogP contribution in [0.4, 0.5) is 0 Å². The first-order valence-corrected chi connectivity index (χ1v) is 32.4. The Morgan fingerprint density at radius 3 is 0.902 bits per heavy atom. The number of cyclic esters (lactones) is 4. The average molecular weight is 1280 g/mol. The Morgan fingerprint density at radius 1 is 0.391 bits per heavy atom. The van der Waals surface area contributed by atoms with E-state index in [9.17, 15) is 28.8 Å². The highest BCUT2D eigenvalue weighted by Gasteiger charge is 2.43. The van der Waals surface area contributed by atoms with Gasteiger partial charge in [-0.1, -0.05) is 104 Å². The molecule has 4 aromatic rings. The predicted molar refractivity (Wildman–Crippen MR) is 348 cm³/mol. The number of carbonyl (C=O) groups excluding carboxylic acids is 8. The molecule has 5 rings (SSSR count). The molecular weight excluding hydrogens is 1180 g/mol. The molecule has 22 nitrogen and oxygen atoms in total. The van der Waals surface area contributed by atoms with E-state index in [1.807, 2.05) is 169 Å². The van der Waals surface area contributed by atoms with Gasteiger partial charge in [-0.05, 0) is 141 Å². The van der Waals surface area contributed by atoms with E-state index in [0.29, 0.717) is 35.7 Å². The van der Waals surface area contributed by atoms with Crippen LogP contribution < -0.4 is 9.47 Å². The number of carbonyl (C=O) groups is 8. The van der Waals surface area contributed by atoms with Gasteiger partial charge >= 0.3 is 23.9 Å². The zero-order valence-corrected chi connectivity index (χ0v) is 58.7. The molecule has 0 spiro atoms. The highest BCUT2D eigenvalue weighted by atomic mass is 16.6. The van der Waals surface area contributed by atoms with E-state index < -0.39 is 96.1 Å². The van der Waals surface area contributed by atoms with Crippen molar-refractivity contribution >= 4 is 47.5 Å². The second-order valence-corrected chi connectivity index (χ2v) is 27.1. The van der Waals surface area contributed by atoms with E-state index in [4.69, 9.17) is 38.6 Å². The summed E-state index contributed by atoms with van der Waals surface area (Å²) in [5, 5.41) is 9.41. The van der Waals surface area contributed by atoms with E-state index >= 15 is 9.59 Å². The quantitative estimate of drug-likeness (QED) is 0.0592. The number of hydrogen-bond donors (Lipinski definition) is 0.